The number of hydrogen-bond donors (Lipinski definition) is 0. The number of rotatable bonds is 4. The van der Waals surface area contributed by atoms with Crippen LogP contribution in [-0.4, -0.2) is 49.8 Å². The molecule has 1 aromatic rings. The van der Waals surface area contributed by atoms with Gasteiger partial charge in [0, 0.05) is 32.8 Å². The molecule has 2 atom stereocenters. The average molecular weight is 303 g/mol. The summed E-state index contributed by atoms with van der Waals surface area (Å²) >= 11 is 0. The Hall–Kier alpha value is -1.39. The second kappa shape index (κ2) is 7.25. The van der Waals surface area contributed by atoms with Gasteiger partial charge in [-0.2, -0.15) is 0 Å². The summed E-state index contributed by atoms with van der Waals surface area (Å²) < 4.78 is 11.0. The Labute approximate surface area is 132 Å². The molecule has 0 unspecified atom stereocenters. The van der Waals surface area contributed by atoms with Gasteiger partial charge in [0.05, 0.1) is 12.1 Å². The van der Waals surface area contributed by atoms with Gasteiger partial charge < -0.3 is 14.4 Å². The van der Waals surface area contributed by atoms with Gasteiger partial charge in [-0.3, -0.25) is 4.79 Å². The highest BCUT2D eigenvalue weighted by molar-refractivity contribution is 5.79. The zero-order chi connectivity index (χ0) is 15.4. The van der Waals surface area contributed by atoms with Crippen LogP contribution in [-0.2, 0) is 20.7 Å². The molecule has 0 radical (unpaired) electrons. The highest BCUT2D eigenvalue weighted by Gasteiger charge is 2.39. The molecule has 0 bridgehead atoms. The number of methoxy groups -OCH3 is 1. The van der Waals surface area contributed by atoms with Crippen LogP contribution in [0.5, 0.6) is 0 Å². The zero-order valence-corrected chi connectivity index (χ0v) is 13.2. The van der Waals surface area contributed by atoms with Crippen molar-refractivity contribution in [2.75, 3.05) is 26.9 Å². The van der Waals surface area contributed by atoms with Gasteiger partial charge in [-0.15, -0.1) is 0 Å². The molecule has 2 aliphatic rings. The SMILES string of the molecule is CO[C@H]1CCN(C(=O)C2CCOCC2)[C@H]1Cc1ccccc1. The molecule has 2 saturated heterocycles. The number of hydrogen-bond acceptors (Lipinski definition) is 3. The van der Waals surface area contributed by atoms with Crippen LogP contribution < -0.4 is 0 Å². The number of amides is 1. The predicted molar refractivity (Wildman–Crippen MR) is 84.6 cm³/mol. The first-order chi connectivity index (χ1) is 10.8. The van der Waals surface area contributed by atoms with Crippen molar-refractivity contribution in [2.24, 2.45) is 5.92 Å². The molecule has 2 fully saturated rings. The van der Waals surface area contributed by atoms with Crippen molar-refractivity contribution in [3.8, 4) is 0 Å². The highest BCUT2D eigenvalue weighted by Crippen LogP contribution is 2.28. The molecule has 0 N–H and O–H groups in total. The van der Waals surface area contributed by atoms with Gasteiger partial charge in [-0.1, -0.05) is 30.3 Å². The van der Waals surface area contributed by atoms with Gasteiger partial charge in [-0.25, -0.2) is 0 Å². The maximum Gasteiger partial charge on any atom is 0.226 e. The van der Waals surface area contributed by atoms with Gasteiger partial charge >= 0.3 is 0 Å². The van der Waals surface area contributed by atoms with E-state index in [0.717, 1.165) is 32.2 Å². The lowest BCUT2D eigenvalue weighted by Crippen LogP contribution is -2.45. The average Bonchev–Trinajstić information content (AvgIpc) is 2.98. The quantitative estimate of drug-likeness (QED) is 0.856. The van der Waals surface area contributed by atoms with E-state index in [9.17, 15) is 4.79 Å². The monoisotopic (exact) mass is 303 g/mol. The van der Waals surface area contributed by atoms with E-state index < -0.39 is 0 Å². The van der Waals surface area contributed by atoms with E-state index in [2.05, 4.69) is 29.2 Å². The van der Waals surface area contributed by atoms with E-state index in [1.807, 2.05) is 6.07 Å². The van der Waals surface area contributed by atoms with Crippen molar-refractivity contribution in [1.29, 1.82) is 0 Å². The molecule has 0 saturated carbocycles. The van der Waals surface area contributed by atoms with Crippen LogP contribution in [0.2, 0.25) is 0 Å². The van der Waals surface area contributed by atoms with E-state index in [0.29, 0.717) is 19.1 Å². The smallest absolute Gasteiger partial charge is 0.226 e. The zero-order valence-electron chi connectivity index (χ0n) is 13.2. The minimum Gasteiger partial charge on any atom is -0.381 e. The van der Waals surface area contributed by atoms with Gasteiger partial charge in [0.2, 0.25) is 5.91 Å². The van der Waals surface area contributed by atoms with Crippen LogP contribution in [0.15, 0.2) is 30.3 Å². The molecule has 120 valence electrons. The Morgan fingerprint density at radius 3 is 2.64 bits per heavy atom. The number of ether oxygens (including phenoxy) is 2. The predicted octanol–water partition coefficient (Wildman–Crippen LogP) is 2.27. The summed E-state index contributed by atoms with van der Waals surface area (Å²) in [6.07, 6.45) is 3.65. The van der Waals surface area contributed by atoms with Crippen molar-refractivity contribution in [3.05, 3.63) is 35.9 Å². The highest BCUT2D eigenvalue weighted by atomic mass is 16.5. The van der Waals surface area contributed by atoms with E-state index in [-0.39, 0.29) is 18.1 Å². The van der Waals surface area contributed by atoms with Gasteiger partial charge in [0.25, 0.3) is 0 Å². The fourth-order valence-electron chi connectivity index (χ4n) is 3.65. The lowest BCUT2D eigenvalue weighted by atomic mass is 9.96. The second-order valence-corrected chi connectivity index (χ2v) is 6.24. The molecular weight excluding hydrogens is 278 g/mol. The summed E-state index contributed by atoms with van der Waals surface area (Å²) in [4.78, 5) is 14.9. The summed E-state index contributed by atoms with van der Waals surface area (Å²) in [5.74, 6) is 0.423. The molecule has 0 spiro atoms. The topological polar surface area (TPSA) is 38.8 Å². The fourth-order valence-corrected chi connectivity index (χ4v) is 3.65. The van der Waals surface area contributed by atoms with Gasteiger partial charge in [0.1, 0.15) is 0 Å². The Morgan fingerprint density at radius 2 is 1.95 bits per heavy atom. The summed E-state index contributed by atoms with van der Waals surface area (Å²) in [5.41, 5.74) is 1.27. The second-order valence-electron chi connectivity index (χ2n) is 6.24. The minimum atomic E-state index is 0.127. The number of nitrogens with zero attached hydrogens (tertiary/aromatic N) is 1. The summed E-state index contributed by atoms with van der Waals surface area (Å²) in [5, 5.41) is 0. The summed E-state index contributed by atoms with van der Waals surface area (Å²) in [6.45, 7) is 2.23. The van der Waals surface area contributed by atoms with Crippen molar-refractivity contribution in [1.82, 2.24) is 4.90 Å². The van der Waals surface area contributed by atoms with Crippen molar-refractivity contribution in [3.63, 3.8) is 0 Å². The standard InChI is InChI=1S/C18H25NO3/c1-21-17-7-10-19(18(20)15-8-11-22-12-9-15)16(17)13-14-5-3-2-4-6-14/h2-6,15-17H,7-13H2,1H3/t16-,17-/m0/s1. The molecule has 0 aliphatic carbocycles. The number of carbonyl (C=O) groups is 1. The van der Waals surface area contributed by atoms with Gasteiger partial charge in [0.15, 0.2) is 0 Å². The first-order valence-corrected chi connectivity index (χ1v) is 8.24. The lowest BCUT2D eigenvalue weighted by molar-refractivity contribution is -0.140. The fraction of sp³-hybridized carbons (Fsp3) is 0.611. The minimum absolute atomic E-state index is 0.127. The third-order valence-corrected chi connectivity index (χ3v) is 4.93. The van der Waals surface area contributed by atoms with Crippen molar-refractivity contribution in [2.45, 2.75) is 37.8 Å². The van der Waals surface area contributed by atoms with E-state index in [4.69, 9.17) is 9.47 Å². The normalized spacial score (nSPS) is 26.3. The molecule has 2 heterocycles. The number of carbonyl (C=O) groups excluding carboxylic acids is 1. The van der Waals surface area contributed by atoms with Crippen LogP contribution in [0, 0.1) is 5.92 Å². The van der Waals surface area contributed by atoms with Crippen LogP contribution in [0.25, 0.3) is 0 Å². The molecule has 0 aromatic heterocycles. The van der Waals surface area contributed by atoms with E-state index >= 15 is 0 Å². The van der Waals surface area contributed by atoms with Crippen LogP contribution in [0.4, 0.5) is 0 Å². The van der Waals surface area contributed by atoms with Gasteiger partial charge in [-0.05, 0) is 31.2 Å². The molecule has 1 amide bonds. The summed E-state index contributed by atoms with van der Waals surface area (Å²) in [7, 11) is 1.76. The molecule has 3 rings (SSSR count). The number of likely N-dealkylation sites (tertiary alicyclic amines) is 1. The van der Waals surface area contributed by atoms with E-state index in [1.54, 1.807) is 7.11 Å². The molecular formula is C18H25NO3. The third kappa shape index (κ3) is 3.33. The first kappa shape index (κ1) is 15.5. The summed E-state index contributed by atoms with van der Waals surface area (Å²) in [6, 6.07) is 10.5. The van der Waals surface area contributed by atoms with Crippen LogP contribution in [0.1, 0.15) is 24.8 Å². The van der Waals surface area contributed by atoms with E-state index in [1.165, 1.54) is 5.56 Å². The molecule has 4 nitrogen and oxygen atoms in total. The van der Waals surface area contributed by atoms with Crippen LogP contribution >= 0.6 is 0 Å². The Morgan fingerprint density at radius 1 is 1.23 bits per heavy atom. The number of benzene rings is 1. The molecule has 22 heavy (non-hydrogen) atoms. The third-order valence-electron chi connectivity index (χ3n) is 4.93. The van der Waals surface area contributed by atoms with Crippen molar-refractivity contribution >= 4 is 5.91 Å². The lowest BCUT2D eigenvalue weighted by Gasteiger charge is -2.32. The van der Waals surface area contributed by atoms with Crippen molar-refractivity contribution < 1.29 is 14.3 Å². The molecule has 4 heteroatoms. The Bertz CT molecular complexity index is 484. The Kier molecular flexibility index (Phi) is 5.11. The largest absolute Gasteiger partial charge is 0.381 e. The maximum absolute atomic E-state index is 12.9. The molecule has 2 aliphatic heterocycles. The first-order valence-electron chi connectivity index (χ1n) is 8.24. The van der Waals surface area contributed by atoms with Crippen LogP contribution in [0.3, 0.4) is 0 Å². The maximum atomic E-state index is 12.9. The molecule has 1 aromatic carbocycles. The Balaban J connectivity index is 1.72.